The fourth-order valence-corrected chi connectivity index (χ4v) is 4.90. The van der Waals surface area contributed by atoms with E-state index in [1.165, 1.54) is 18.4 Å². The van der Waals surface area contributed by atoms with Crippen LogP contribution in [0.3, 0.4) is 0 Å². The van der Waals surface area contributed by atoms with Gasteiger partial charge >= 0.3 is 11.9 Å². The average Bonchev–Trinajstić information content (AvgIpc) is 3.13. The van der Waals surface area contributed by atoms with Gasteiger partial charge in [0.2, 0.25) is 5.91 Å². The van der Waals surface area contributed by atoms with Gasteiger partial charge in [0.25, 0.3) is 0 Å². The third-order valence-corrected chi connectivity index (χ3v) is 6.62. The van der Waals surface area contributed by atoms with Crippen molar-refractivity contribution < 1.29 is 23.9 Å². The van der Waals surface area contributed by atoms with Gasteiger partial charge in [-0.2, -0.15) is 4.99 Å². The van der Waals surface area contributed by atoms with Crippen molar-refractivity contribution in [3.63, 3.8) is 0 Å². The Kier molecular flexibility index (Phi) is 8.64. The molecule has 2 aromatic carbocycles. The maximum Gasteiger partial charge on any atom is 0.338 e. The van der Waals surface area contributed by atoms with Gasteiger partial charge in [-0.1, -0.05) is 29.5 Å². The van der Waals surface area contributed by atoms with Crippen molar-refractivity contribution in [2.75, 3.05) is 19.5 Å². The first-order valence-corrected chi connectivity index (χ1v) is 11.9. The van der Waals surface area contributed by atoms with Gasteiger partial charge in [0.15, 0.2) is 4.80 Å². The van der Waals surface area contributed by atoms with Crippen molar-refractivity contribution in [3.8, 4) is 0 Å². The number of methoxy groups -OCH3 is 1. The number of fused-ring (bicyclic) bond motifs is 1. The van der Waals surface area contributed by atoms with Gasteiger partial charge < -0.3 is 14.0 Å². The van der Waals surface area contributed by atoms with E-state index in [4.69, 9.17) is 9.47 Å². The number of benzene rings is 2. The van der Waals surface area contributed by atoms with Crippen LogP contribution in [0, 0.1) is 0 Å². The molecule has 9 heteroatoms. The number of carbonyl (C=O) groups is 3. The van der Waals surface area contributed by atoms with Gasteiger partial charge in [0.05, 0.1) is 29.5 Å². The number of carbonyl (C=O) groups excluding carboxylic acids is 3. The predicted molar refractivity (Wildman–Crippen MR) is 125 cm³/mol. The number of rotatable bonds is 9. The van der Waals surface area contributed by atoms with E-state index < -0.39 is 11.9 Å². The summed E-state index contributed by atoms with van der Waals surface area (Å²) in [7, 11) is 1.31. The fourth-order valence-electron chi connectivity index (χ4n) is 2.94. The van der Waals surface area contributed by atoms with Crippen LogP contribution in [0.4, 0.5) is 0 Å². The van der Waals surface area contributed by atoms with Crippen LogP contribution >= 0.6 is 23.1 Å². The lowest BCUT2D eigenvalue weighted by Crippen LogP contribution is -2.22. The molecule has 168 valence electrons. The molecule has 0 fully saturated rings. The molecule has 0 saturated heterocycles. The Morgan fingerprint density at radius 2 is 1.91 bits per heavy atom. The summed E-state index contributed by atoms with van der Waals surface area (Å²) in [5, 5.41) is 0. The third-order valence-electron chi connectivity index (χ3n) is 4.48. The summed E-state index contributed by atoms with van der Waals surface area (Å²) in [4.78, 5) is 42.3. The van der Waals surface area contributed by atoms with Crippen LogP contribution in [-0.2, 0) is 25.6 Å². The second-order valence-electron chi connectivity index (χ2n) is 6.72. The van der Waals surface area contributed by atoms with Gasteiger partial charge in [0, 0.05) is 11.3 Å². The van der Waals surface area contributed by atoms with Crippen molar-refractivity contribution in [2.45, 2.75) is 31.2 Å². The summed E-state index contributed by atoms with van der Waals surface area (Å²) in [5.74, 6) is -0.322. The molecule has 0 atom stereocenters. The van der Waals surface area contributed by atoms with E-state index in [-0.39, 0.29) is 19.1 Å². The Morgan fingerprint density at radius 3 is 2.62 bits per heavy atom. The summed E-state index contributed by atoms with van der Waals surface area (Å²) in [6.45, 7) is 1.94. The van der Waals surface area contributed by atoms with Crippen LogP contribution in [0.15, 0.2) is 58.4 Å². The summed E-state index contributed by atoms with van der Waals surface area (Å²) >= 11 is 2.94. The predicted octanol–water partition coefficient (Wildman–Crippen LogP) is 4.05. The van der Waals surface area contributed by atoms with Crippen molar-refractivity contribution in [2.24, 2.45) is 4.99 Å². The van der Waals surface area contributed by atoms with Gasteiger partial charge in [-0.3, -0.25) is 9.59 Å². The number of hydrogen-bond donors (Lipinski definition) is 0. The van der Waals surface area contributed by atoms with E-state index in [1.54, 1.807) is 41.5 Å². The maximum atomic E-state index is 12.5. The quantitative estimate of drug-likeness (QED) is 0.265. The second-order valence-corrected chi connectivity index (χ2v) is 8.90. The number of thioether (sulfide) groups is 1. The van der Waals surface area contributed by atoms with Gasteiger partial charge in [-0.15, -0.1) is 11.8 Å². The highest BCUT2D eigenvalue weighted by Gasteiger charge is 2.14. The molecule has 0 unspecified atom stereocenters. The molecule has 0 N–H and O–H groups in total. The Morgan fingerprint density at radius 1 is 1.12 bits per heavy atom. The summed E-state index contributed by atoms with van der Waals surface area (Å²) in [6, 6.07) is 15.1. The van der Waals surface area contributed by atoms with Crippen molar-refractivity contribution in [1.82, 2.24) is 4.57 Å². The zero-order valence-electron chi connectivity index (χ0n) is 17.9. The molecule has 0 aliphatic rings. The SMILES string of the molecule is CCOC(=O)c1ccc2c(c1)sc(=NC(=O)CCCSc1ccccc1)n2CC(=O)OC. The molecular weight excluding hydrogens is 448 g/mol. The molecule has 0 radical (unpaired) electrons. The van der Waals surface area contributed by atoms with Crippen molar-refractivity contribution >= 4 is 51.2 Å². The molecule has 32 heavy (non-hydrogen) atoms. The first-order valence-electron chi connectivity index (χ1n) is 10.1. The van der Waals surface area contributed by atoms with E-state index in [2.05, 4.69) is 4.99 Å². The molecule has 0 bridgehead atoms. The summed E-state index contributed by atoms with van der Waals surface area (Å²) in [6.07, 6.45) is 0.997. The van der Waals surface area contributed by atoms with E-state index in [0.717, 1.165) is 15.3 Å². The topological polar surface area (TPSA) is 87.0 Å². The molecule has 0 aliphatic carbocycles. The molecule has 3 rings (SSSR count). The minimum Gasteiger partial charge on any atom is -0.468 e. The summed E-state index contributed by atoms with van der Waals surface area (Å²) in [5.41, 5.74) is 1.10. The minimum absolute atomic E-state index is 0.0781. The Labute approximate surface area is 194 Å². The van der Waals surface area contributed by atoms with Gasteiger partial charge in [-0.25, -0.2) is 4.79 Å². The van der Waals surface area contributed by atoms with Crippen LogP contribution in [0.1, 0.15) is 30.1 Å². The number of hydrogen-bond acceptors (Lipinski definition) is 7. The molecule has 1 heterocycles. The molecule has 0 saturated carbocycles. The lowest BCUT2D eigenvalue weighted by Gasteiger charge is -2.05. The number of ether oxygens (including phenoxy) is 2. The number of aromatic nitrogens is 1. The summed E-state index contributed by atoms with van der Waals surface area (Å²) < 4.78 is 12.2. The van der Waals surface area contributed by atoms with Gasteiger partial charge in [0.1, 0.15) is 6.54 Å². The average molecular weight is 473 g/mol. The minimum atomic E-state index is -0.452. The van der Waals surface area contributed by atoms with Crippen LogP contribution < -0.4 is 4.80 Å². The third kappa shape index (κ3) is 6.30. The van der Waals surface area contributed by atoms with E-state index in [9.17, 15) is 14.4 Å². The number of esters is 2. The molecule has 1 amide bonds. The number of amides is 1. The zero-order valence-corrected chi connectivity index (χ0v) is 19.5. The molecule has 0 aliphatic heterocycles. The first kappa shape index (κ1) is 23.7. The molecule has 0 spiro atoms. The lowest BCUT2D eigenvalue weighted by atomic mass is 10.2. The van der Waals surface area contributed by atoms with Crippen LogP contribution in [0.5, 0.6) is 0 Å². The van der Waals surface area contributed by atoms with Crippen LogP contribution in [0.25, 0.3) is 10.2 Å². The first-order chi connectivity index (χ1) is 15.5. The molecular formula is C23H24N2O5S2. The lowest BCUT2D eigenvalue weighted by molar-refractivity contribution is -0.141. The Hall–Kier alpha value is -2.91. The second kappa shape index (κ2) is 11.6. The van der Waals surface area contributed by atoms with E-state index in [0.29, 0.717) is 28.7 Å². The molecule has 1 aromatic heterocycles. The highest BCUT2D eigenvalue weighted by Crippen LogP contribution is 2.21. The largest absolute Gasteiger partial charge is 0.468 e. The smallest absolute Gasteiger partial charge is 0.338 e. The molecule has 3 aromatic rings. The van der Waals surface area contributed by atoms with Crippen LogP contribution in [0.2, 0.25) is 0 Å². The monoisotopic (exact) mass is 472 g/mol. The standard InChI is InChI=1S/C23H24N2O5S2/c1-3-30-22(28)16-11-12-18-19(14-16)32-23(25(18)15-21(27)29-2)24-20(26)10-7-13-31-17-8-5-4-6-9-17/h4-6,8-9,11-12,14H,3,7,10,13,15H2,1-2H3. The number of thiazole rings is 1. The van der Waals surface area contributed by atoms with Gasteiger partial charge in [-0.05, 0) is 49.4 Å². The normalized spacial score (nSPS) is 11.5. The van der Waals surface area contributed by atoms with E-state index in [1.807, 2.05) is 30.3 Å². The zero-order chi connectivity index (χ0) is 22.9. The van der Waals surface area contributed by atoms with Crippen molar-refractivity contribution in [3.05, 3.63) is 58.9 Å². The highest BCUT2D eigenvalue weighted by atomic mass is 32.2. The highest BCUT2D eigenvalue weighted by molar-refractivity contribution is 7.99. The fraction of sp³-hybridized carbons (Fsp3) is 0.304. The molecule has 7 nitrogen and oxygen atoms in total. The van der Waals surface area contributed by atoms with E-state index >= 15 is 0 Å². The Balaban J connectivity index is 1.79. The Bertz CT molecular complexity index is 1170. The number of nitrogens with zero attached hydrogens (tertiary/aromatic N) is 2. The van der Waals surface area contributed by atoms with Crippen molar-refractivity contribution in [1.29, 1.82) is 0 Å². The van der Waals surface area contributed by atoms with Crippen LogP contribution in [-0.4, -0.2) is 41.9 Å². The maximum absolute atomic E-state index is 12.5.